The van der Waals surface area contributed by atoms with Gasteiger partial charge in [-0.1, -0.05) is 6.42 Å². The topological polar surface area (TPSA) is 86.7 Å². The largest absolute Gasteiger partial charge is 0.477 e. The molecule has 0 radical (unpaired) electrons. The highest BCUT2D eigenvalue weighted by Gasteiger charge is 2.29. The lowest BCUT2D eigenvalue weighted by Gasteiger charge is -2.32. The lowest BCUT2D eigenvalue weighted by molar-refractivity contribution is 0.0702. The van der Waals surface area contributed by atoms with Crippen LogP contribution < -0.4 is 4.72 Å². The minimum atomic E-state index is -3.60. The molecule has 1 aromatic rings. The lowest BCUT2D eigenvalue weighted by atomic mass is 10.1. The Morgan fingerprint density at radius 1 is 1.47 bits per heavy atom. The number of rotatable bonds is 4. The Labute approximate surface area is 116 Å². The van der Waals surface area contributed by atoms with E-state index in [1.807, 2.05) is 6.92 Å². The molecular formula is C11H16N2O4S2. The van der Waals surface area contributed by atoms with Crippen LogP contribution in [0.2, 0.25) is 0 Å². The Kier molecular flexibility index (Phi) is 4.12. The van der Waals surface area contributed by atoms with Gasteiger partial charge in [0, 0.05) is 12.6 Å². The zero-order valence-electron chi connectivity index (χ0n) is 10.5. The molecule has 0 aliphatic carbocycles. The van der Waals surface area contributed by atoms with Crippen molar-refractivity contribution in [3.05, 3.63) is 17.0 Å². The van der Waals surface area contributed by atoms with Crippen LogP contribution in [0.15, 0.2) is 12.1 Å². The number of thiophene rings is 1. The first-order chi connectivity index (χ1) is 8.90. The van der Waals surface area contributed by atoms with Gasteiger partial charge in [-0.3, -0.25) is 4.72 Å². The summed E-state index contributed by atoms with van der Waals surface area (Å²) in [7, 11) is -3.60. The number of aromatic carboxylic acids is 1. The molecule has 2 heterocycles. The fourth-order valence-electron chi connectivity index (χ4n) is 2.12. The number of hydrogen-bond acceptors (Lipinski definition) is 4. The summed E-state index contributed by atoms with van der Waals surface area (Å²) in [5.74, 6) is -1.05. The third kappa shape index (κ3) is 3.26. The molecule has 1 fully saturated rings. The highest BCUT2D eigenvalue weighted by molar-refractivity contribution is 7.90. The molecule has 0 saturated carbocycles. The van der Waals surface area contributed by atoms with Gasteiger partial charge >= 0.3 is 16.2 Å². The molecular weight excluding hydrogens is 288 g/mol. The molecule has 1 unspecified atom stereocenters. The molecule has 106 valence electrons. The van der Waals surface area contributed by atoms with Crippen molar-refractivity contribution in [2.24, 2.45) is 0 Å². The van der Waals surface area contributed by atoms with E-state index in [4.69, 9.17) is 5.11 Å². The van der Waals surface area contributed by atoms with Crippen LogP contribution in [-0.4, -0.2) is 36.4 Å². The summed E-state index contributed by atoms with van der Waals surface area (Å²) in [6, 6.07) is 2.84. The van der Waals surface area contributed by atoms with Crippen LogP contribution in [0, 0.1) is 0 Å². The SMILES string of the molecule is CC1CCCCN1S(=O)(=O)Nc1ccc(C(=O)O)s1. The zero-order valence-corrected chi connectivity index (χ0v) is 12.1. The average molecular weight is 304 g/mol. The van der Waals surface area contributed by atoms with E-state index in [2.05, 4.69) is 4.72 Å². The second-order valence-corrected chi connectivity index (χ2v) is 7.24. The maximum absolute atomic E-state index is 12.2. The van der Waals surface area contributed by atoms with Crippen LogP contribution in [0.3, 0.4) is 0 Å². The number of carbonyl (C=O) groups is 1. The quantitative estimate of drug-likeness (QED) is 0.890. The molecule has 1 aliphatic heterocycles. The van der Waals surface area contributed by atoms with Crippen LogP contribution in [0.5, 0.6) is 0 Å². The smallest absolute Gasteiger partial charge is 0.345 e. The third-order valence-corrected chi connectivity index (χ3v) is 5.85. The van der Waals surface area contributed by atoms with Gasteiger partial charge in [-0.25, -0.2) is 4.79 Å². The van der Waals surface area contributed by atoms with Crippen molar-refractivity contribution in [1.29, 1.82) is 0 Å². The minimum Gasteiger partial charge on any atom is -0.477 e. The van der Waals surface area contributed by atoms with Crippen molar-refractivity contribution < 1.29 is 18.3 Å². The van der Waals surface area contributed by atoms with Crippen LogP contribution in [0.4, 0.5) is 5.00 Å². The number of piperidine rings is 1. The zero-order chi connectivity index (χ0) is 14.0. The summed E-state index contributed by atoms with van der Waals surface area (Å²) in [6.07, 6.45) is 2.75. The van der Waals surface area contributed by atoms with Gasteiger partial charge in [0.1, 0.15) is 9.88 Å². The third-order valence-electron chi connectivity index (χ3n) is 3.10. The number of nitrogens with zero attached hydrogens (tertiary/aromatic N) is 1. The Morgan fingerprint density at radius 3 is 2.79 bits per heavy atom. The normalized spacial score (nSPS) is 21.2. The van der Waals surface area contributed by atoms with Gasteiger partial charge in [0.05, 0.1) is 0 Å². The monoisotopic (exact) mass is 304 g/mol. The minimum absolute atomic E-state index is 0.0230. The fraction of sp³-hybridized carbons (Fsp3) is 0.545. The number of carboxylic acids is 1. The molecule has 1 aromatic heterocycles. The molecule has 19 heavy (non-hydrogen) atoms. The molecule has 0 bridgehead atoms. The van der Waals surface area contributed by atoms with Gasteiger partial charge in [0.15, 0.2) is 0 Å². The molecule has 1 atom stereocenters. The van der Waals surface area contributed by atoms with E-state index in [1.165, 1.54) is 16.4 Å². The van der Waals surface area contributed by atoms with E-state index in [-0.39, 0.29) is 10.9 Å². The van der Waals surface area contributed by atoms with Crippen molar-refractivity contribution in [3.63, 3.8) is 0 Å². The van der Waals surface area contributed by atoms with Gasteiger partial charge in [0.25, 0.3) is 0 Å². The molecule has 1 aliphatic rings. The number of hydrogen-bond donors (Lipinski definition) is 2. The summed E-state index contributed by atoms with van der Waals surface area (Å²) >= 11 is 0.917. The van der Waals surface area contributed by atoms with Crippen molar-refractivity contribution in [2.75, 3.05) is 11.3 Å². The molecule has 0 amide bonds. The number of carboxylic acid groups (broad SMARTS) is 1. The molecule has 8 heteroatoms. The highest BCUT2D eigenvalue weighted by Crippen LogP contribution is 2.26. The predicted octanol–water partition coefficient (Wildman–Crippen LogP) is 1.98. The van der Waals surface area contributed by atoms with E-state index < -0.39 is 16.2 Å². The first kappa shape index (κ1) is 14.3. The van der Waals surface area contributed by atoms with E-state index >= 15 is 0 Å². The second kappa shape index (κ2) is 5.48. The van der Waals surface area contributed by atoms with Crippen molar-refractivity contribution in [2.45, 2.75) is 32.2 Å². The van der Waals surface area contributed by atoms with E-state index in [0.29, 0.717) is 11.5 Å². The molecule has 2 rings (SSSR count). The fourth-order valence-corrected chi connectivity index (χ4v) is 4.59. The number of nitrogens with one attached hydrogen (secondary N) is 1. The molecule has 1 saturated heterocycles. The summed E-state index contributed by atoms with van der Waals surface area (Å²) in [5.41, 5.74) is 0. The first-order valence-electron chi connectivity index (χ1n) is 6.03. The summed E-state index contributed by atoms with van der Waals surface area (Å²) in [4.78, 5) is 10.9. The van der Waals surface area contributed by atoms with Crippen molar-refractivity contribution >= 4 is 32.5 Å². The Bertz CT molecular complexity index is 567. The van der Waals surface area contributed by atoms with Gasteiger partial charge in [-0.15, -0.1) is 11.3 Å². The lowest BCUT2D eigenvalue weighted by Crippen LogP contribution is -2.44. The van der Waals surface area contributed by atoms with Crippen LogP contribution in [0.1, 0.15) is 35.9 Å². The van der Waals surface area contributed by atoms with Crippen molar-refractivity contribution in [1.82, 2.24) is 4.31 Å². The summed E-state index contributed by atoms with van der Waals surface area (Å²) in [5, 5.41) is 9.14. The van der Waals surface area contributed by atoms with Crippen molar-refractivity contribution in [3.8, 4) is 0 Å². The van der Waals surface area contributed by atoms with E-state index in [0.717, 1.165) is 30.6 Å². The standard InChI is InChI=1S/C11H16N2O4S2/c1-8-4-2-3-7-13(8)19(16,17)12-10-6-5-9(18-10)11(14)15/h5-6,8,12H,2-4,7H2,1H3,(H,14,15). The predicted molar refractivity (Wildman–Crippen MR) is 73.8 cm³/mol. The summed E-state index contributed by atoms with van der Waals surface area (Å²) in [6.45, 7) is 2.39. The Balaban J connectivity index is 2.13. The number of anilines is 1. The van der Waals surface area contributed by atoms with Gasteiger partial charge in [-0.2, -0.15) is 12.7 Å². The highest BCUT2D eigenvalue weighted by atomic mass is 32.2. The van der Waals surface area contributed by atoms with E-state index in [1.54, 1.807) is 0 Å². The maximum atomic E-state index is 12.2. The summed E-state index contributed by atoms with van der Waals surface area (Å²) < 4.78 is 28.3. The van der Waals surface area contributed by atoms with E-state index in [9.17, 15) is 13.2 Å². The van der Waals surface area contributed by atoms with Gasteiger partial charge in [-0.05, 0) is 31.9 Å². The average Bonchev–Trinajstić information content (AvgIpc) is 2.77. The van der Waals surface area contributed by atoms with Crippen LogP contribution in [-0.2, 0) is 10.2 Å². The van der Waals surface area contributed by atoms with Gasteiger partial charge in [0.2, 0.25) is 0 Å². The second-order valence-electron chi connectivity index (χ2n) is 4.53. The maximum Gasteiger partial charge on any atom is 0.345 e. The van der Waals surface area contributed by atoms with Crippen LogP contribution in [0.25, 0.3) is 0 Å². The van der Waals surface area contributed by atoms with Gasteiger partial charge < -0.3 is 5.11 Å². The molecule has 2 N–H and O–H groups in total. The molecule has 6 nitrogen and oxygen atoms in total. The first-order valence-corrected chi connectivity index (χ1v) is 8.28. The van der Waals surface area contributed by atoms with Crippen LogP contribution >= 0.6 is 11.3 Å². The Hall–Kier alpha value is -1.12. The molecule has 0 aromatic carbocycles. The molecule has 0 spiro atoms. The Morgan fingerprint density at radius 2 is 2.21 bits per heavy atom.